The summed E-state index contributed by atoms with van der Waals surface area (Å²) in [5.74, 6) is 1.76. The Hall–Kier alpha value is -0.740. The maximum Gasteiger partial charge on any atom is 0.175 e. The minimum atomic E-state index is 0.122. The minimum absolute atomic E-state index is 0.122. The van der Waals surface area contributed by atoms with E-state index >= 15 is 0 Å². The first kappa shape index (κ1) is 14.2. The molecule has 1 aliphatic carbocycles. The largest absolute Gasteiger partial charge is 0.489 e. The standard InChI is InChI=1S/C16H22BrNO2/c1-11-12(16(10-18)5-2-3-6-16)9-13(17)15-14(11)19-7-4-8-20-15/h9H,2-8,10,18H2,1H3. The fourth-order valence-corrected chi connectivity index (χ4v) is 4.13. The molecule has 1 heterocycles. The van der Waals surface area contributed by atoms with Gasteiger partial charge in [-0.25, -0.2) is 0 Å². The number of halogens is 1. The van der Waals surface area contributed by atoms with Crippen molar-refractivity contribution in [2.75, 3.05) is 19.8 Å². The van der Waals surface area contributed by atoms with E-state index in [2.05, 4.69) is 28.9 Å². The predicted molar refractivity (Wildman–Crippen MR) is 83.7 cm³/mol. The molecule has 3 rings (SSSR count). The number of rotatable bonds is 2. The average Bonchev–Trinajstić information content (AvgIpc) is 2.80. The highest BCUT2D eigenvalue weighted by molar-refractivity contribution is 9.10. The van der Waals surface area contributed by atoms with E-state index < -0.39 is 0 Å². The van der Waals surface area contributed by atoms with Gasteiger partial charge >= 0.3 is 0 Å². The molecular weight excluding hydrogens is 318 g/mol. The van der Waals surface area contributed by atoms with Gasteiger partial charge in [0.25, 0.3) is 0 Å². The van der Waals surface area contributed by atoms with Crippen LogP contribution in [0.25, 0.3) is 0 Å². The molecule has 20 heavy (non-hydrogen) atoms. The van der Waals surface area contributed by atoms with E-state index in [9.17, 15) is 0 Å². The van der Waals surface area contributed by atoms with Gasteiger partial charge in [-0.1, -0.05) is 12.8 Å². The smallest absolute Gasteiger partial charge is 0.175 e. The topological polar surface area (TPSA) is 44.5 Å². The van der Waals surface area contributed by atoms with Crippen LogP contribution >= 0.6 is 15.9 Å². The molecule has 0 saturated heterocycles. The van der Waals surface area contributed by atoms with E-state index in [0.29, 0.717) is 13.2 Å². The first-order valence-corrected chi connectivity index (χ1v) is 8.26. The van der Waals surface area contributed by atoms with Crippen molar-refractivity contribution in [3.05, 3.63) is 21.7 Å². The number of nitrogens with two attached hydrogens (primary N) is 1. The lowest BCUT2D eigenvalue weighted by molar-refractivity contribution is 0.295. The highest BCUT2D eigenvalue weighted by atomic mass is 79.9. The molecule has 0 bridgehead atoms. The zero-order valence-electron chi connectivity index (χ0n) is 12.0. The van der Waals surface area contributed by atoms with Crippen LogP contribution in [0.1, 0.15) is 43.2 Å². The van der Waals surface area contributed by atoms with Crippen molar-refractivity contribution in [2.45, 2.75) is 44.4 Å². The molecule has 0 aromatic heterocycles. The van der Waals surface area contributed by atoms with Crippen LogP contribution < -0.4 is 15.2 Å². The predicted octanol–water partition coefficient (Wildman–Crippen LogP) is 3.69. The SMILES string of the molecule is Cc1c(C2(CN)CCCC2)cc(Br)c2c1OCCCO2. The summed E-state index contributed by atoms with van der Waals surface area (Å²) in [4.78, 5) is 0. The molecule has 2 N–H and O–H groups in total. The highest BCUT2D eigenvalue weighted by Gasteiger charge is 2.37. The molecule has 3 nitrogen and oxygen atoms in total. The van der Waals surface area contributed by atoms with Gasteiger partial charge in [0.15, 0.2) is 11.5 Å². The number of hydrogen-bond acceptors (Lipinski definition) is 3. The Kier molecular flexibility index (Phi) is 3.95. The Morgan fingerprint density at radius 3 is 2.45 bits per heavy atom. The lowest BCUT2D eigenvalue weighted by Crippen LogP contribution is -2.33. The third-order valence-electron chi connectivity index (χ3n) is 4.74. The maximum atomic E-state index is 6.14. The third kappa shape index (κ3) is 2.23. The van der Waals surface area contributed by atoms with Gasteiger partial charge in [-0.05, 0) is 52.9 Å². The van der Waals surface area contributed by atoms with Gasteiger partial charge in [-0.2, -0.15) is 0 Å². The van der Waals surface area contributed by atoms with E-state index in [1.807, 2.05) is 0 Å². The average molecular weight is 340 g/mol. The molecule has 0 radical (unpaired) electrons. The Morgan fingerprint density at radius 1 is 1.15 bits per heavy atom. The molecule has 0 atom stereocenters. The van der Waals surface area contributed by atoms with Crippen LogP contribution in [-0.2, 0) is 5.41 Å². The van der Waals surface area contributed by atoms with E-state index in [4.69, 9.17) is 15.2 Å². The van der Waals surface area contributed by atoms with E-state index in [1.165, 1.54) is 36.8 Å². The molecule has 1 aromatic rings. The van der Waals surface area contributed by atoms with E-state index in [-0.39, 0.29) is 5.41 Å². The zero-order valence-corrected chi connectivity index (χ0v) is 13.6. The van der Waals surface area contributed by atoms with Crippen molar-refractivity contribution in [3.8, 4) is 11.5 Å². The fourth-order valence-electron chi connectivity index (χ4n) is 3.60. The van der Waals surface area contributed by atoms with E-state index in [0.717, 1.165) is 29.0 Å². The molecule has 2 aliphatic rings. The molecule has 1 saturated carbocycles. The van der Waals surface area contributed by atoms with Crippen LogP contribution in [-0.4, -0.2) is 19.8 Å². The van der Waals surface area contributed by atoms with Crippen LogP contribution in [0.2, 0.25) is 0 Å². The summed E-state index contributed by atoms with van der Waals surface area (Å²) in [5, 5.41) is 0. The highest BCUT2D eigenvalue weighted by Crippen LogP contribution is 2.48. The van der Waals surface area contributed by atoms with Crippen LogP contribution in [0.5, 0.6) is 11.5 Å². The lowest BCUT2D eigenvalue weighted by atomic mass is 9.76. The van der Waals surface area contributed by atoms with Crippen molar-refractivity contribution >= 4 is 15.9 Å². The van der Waals surface area contributed by atoms with Crippen molar-refractivity contribution in [1.29, 1.82) is 0 Å². The summed E-state index contributed by atoms with van der Waals surface area (Å²) in [7, 11) is 0. The van der Waals surface area contributed by atoms with Gasteiger partial charge < -0.3 is 15.2 Å². The Morgan fingerprint density at radius 2 is 1.80 bits per heavy atom. The molecule has 4 heteroatoms. The van der Waals surface area contributed by atoms with Gasteiger partial charge in [-0.15, -0.1) is 0 Å². The Bertz CT molecular complexity index is 510. The summed E-state index contributed by atoms with van der Waals surface area (Å²) in [6.45, 7) is 4.29. The van der Waals surface area contributed by atoms with Crippen LogP contribution in [0.3, 0.4) is 0 Å². The first-order chi connectivity index (χ1) is 9.68. The van der Waals surface area contributed by atoms with Crippen molar-refractivity contribution in [1.82, 2.24) is 0 Å². The Labute approximate surface area is 129 Å². The molecule has 0 unspecified atom stereocenters. The number of ether oxygens (including phenoxy) is 2. The van der Waals surface area contributed by atoms with Crippen molar-refractivity contribution < 1.29 is 9.47 Å². The third-order valence-corrected chi connectivity index (χ3v) is 5.33. The normalized spacial score (nSPS) is 20.8. The molecule has 0 spiro atoms. The van der Waals surface area contributed by atoms with Crippen LogP contribution in [0, 0.1) is 6.92 Å². The van der Waals surface area contributed by atoms with Gasteiger partial charge in [0.1, 0.15) is 0 Å². The summed E-state index contributed by atoms with van der Waals surface area (Å²) in [5.41, 5.74) is 8.81. The zero-order chi connectivity index (χ0) is 14.2. The number of hydrogen-bond donors (Lipinski definition) is 1. The second-order valence-corrected chi connectivity index (χ2v) is 6.79. The van der Waals surface area contributed by atoms with Crippen molar-refractivity contribution in [2.24, 2.45) is 5.73 Å². The second kappa shape index (κ2) is 5.57. The Balaban J connectivity index is 2.13. The van der Waals surface area contributed by atoms with Gasteiger partial charge in [-0.3, -0.25) is 0 Å². The van der Waals surface area contributed by atoms with Gasteiger partial charge in [0.2, 0.25) is 0 Å². The van der Waals surface area contributed by atoms with Gasteiger partial charge in [0, 0.05) is 18.4 Å². The number of fused-ring (bicyclic) bond motifs is 1. The quantitative estimate of drug-likeness (QED) is 0.893. The maximum absolute atomic E-state index is 6.14. The fraction of sp³-hybridized carbons (Fsp3) is 0.625. The molecule has 110 valence electrons. The summed E-state index contributed by atoms with van der Waals surface area (Å²) in [6.07, 6.45) is 5.82. The van der Waals surface area contributed by atoms with E-state index in [1.54, 1.807) is 0 Å². The molecule has 0 amide bonds. The molecular formula is C16H22BrNO2. The summed E-state index contributed by atoms with van der Waals surface area (Å²) >= 11 is 3.66. The van der Waals surface area contributed by atoms with Crippen LogP contribution in [0.15, 0.2) is 10.5 Å². The van der Waals surface area contributed by atoms with Gasteiger partial charge in [0.05, 0.1) is 17.7 Å². The summed E-state index contributed by atoms with van der Waals surface area (Å²) < 4.78 is 12.8. The monoisotopic (exact) mass is 339 g/mol. The molecule has 1 aliphatic heterocycles. The number of benzene rings is 1. The molecule has 1 aromatic carbocycles. The van der Waals surface area contributed by atoms with Crippen LogP contribution in [0.4, 0.5) is 0 Å². The molecule has 1 fully saturated rings. The first-order valence-electron chi connectivity index (χ1n) is 7.47. The summed E-state index contributed by atoms with van der Waals surface area (Å²) in [6, 6.07) is 2.21. The minimum Gasteiger partial charge on any atom is -0.489 e. The lowest BCUT2D eigenvalue weighted by Gasteiger charge is -2.31. The second-order valence-electron chi connectivity index (χ2n) is 5.93. The van der Waals surface area contributed by atoms with Crippen molar-refractivity contribution in [3.63, 3.8) is 0 Å².